The van der Waals surface area contributed by atoms with Crippen LogP contribution in [0.2, 0.25) is 10.0 Å². The summed E-state index contributed by atoms with van der Waals surface area (Å²) in [6.45, 7) is 7.12. The van der Waals surface area contributed by atoms with Crippen LogP contribution in [0.25, 0.3) is 0 Å². The summed E-state index contributed by atoms with van der Waals surface area (Å²) in [5.41, 5.74) is 0.832. The summed E-state index contributed by atoms with van der Waals surface area (Å²) in [4.78, 5) is 28.3. The first kappa shape index (κ1) is 29.9. The highest BCUT2D eigenvalue weighted by atomic mass is 35.5. The number of benzene rings is 2. The molecule has 2 aromatic rings. The van der Waals surface area contributed by atoms with Crippen molar-refractivity contribution < 1.29 is 27.5 Å². The molecule has 9 nitrogen and oxygen atoms in total. The number of fused-ring (bicyclic) bond motifs is 1. The van der Waals surface area contributed by atoms with E-state index in [1.165, 1.54) is 17.9 Å². The lowest BCUT2D eigenvalue weighted by atomic mass is 10.1. The van der Waals surface area contributed by atoms with Gasteiger partial charge in [0.2, 0.25) is 21.8 Å². The number of rotatable bonds is 11. The van der Waals surface area contributed by atoms with Gasteiger partial charge in [0.15, 0.2) is 11.5 Å². The third-order valence-electron chi connectivity index (χ3n) is 5.97. The van der Waals surface area contributed by atoms with Crippen molar-refractivity contribution >= 4 is 50.7 Å². The summed E-state index contributed by atoms with van der Waals surface area (Å²) >= 11 is 12.4. The quantitative estimate of drug-likeness (QED) is 0.422. The molecule has 3 rings (SSSR count). The second kappa shape index (κ2) is 12.9. The fourth-order valence-corrected chi connectivity index (χ4v) is 5.56. The number of hydrogen-bond donors (Lipinski definition) is 1. The zero-order chi connectivity index (χ0) is 28.0. The summed E-state index contributed by atoms with van der Waals surface area (Å²) in [5, 5.41) is 3.61. The molecule has 1 heterocycles. The zero-order valence-electron chi connectivity index (χ0n) is 21.9. The predicted molar refractivity (Wildman–Crippen MR) is 149 cm³/mol. The predicted octanol–water partition coefficient (Wildman–Crippen LogP) is 4.25. The van der Waals surface area contributed by atoms with Gasteiger partial charge >= 0.3 is 0 Å². The summed E-state index contributed by atoms with van der Waals surface area (Å²) in [7, 11) is -3.88. The standard InChI is InChI=1S/C26H33Cl2N3O6S/c1-5-22(26(33)29-17(3)4)30(15-18-7-8-19(27)13-21(18)28)25(32)16-31(38(34,35)6-2)20-9-10-23-24(14-20)37-12-11-36-23/h7-10,13-14,17,22H,5-6,11-12,15-16H2,1-4H3,(H,29,33). The molecule has 208 valence electrons. The van der Waals surface area contributed by atoms with Crippen LogP contribution >= 0.6 is 23.2 Å². The monoisotopic (exact) mass is 585 g/mol. The van der Waals surface area contributed by atoms with Crippen LogP contribution in [0, 0.1) is 0 Å². The topological polar surface area (TPSA) is 105 Å². The number of anilines is 1. The fraction of sp³-hybridized carbons (Fsp3) is 0.462. The fourth-order valence-electron chi connectivity index (χ4n) is 4.04. The van der Waals surface area contributed by atoms with Gasteiger partial charge in [0.05, 0.1) is 11.4 Å². The van der Waals surface area contributed by atoms with Gasteiger partial charge in [0.25, 0.3) is 0 Å². The molecule has 12 heteroatoms. The highest BCUT2D eigenvalue weighted by molar-refractivity contribution is 7.92. The van der Waals surface area contributed by atoms with E-state index in [-0.39, 0.29) is 29.9 Å². The van der Waals surface area contributed by atoms with Gasteiger partial charge in [-0.1, -0.05) is 36.2 Å². The minimum absolute atomic E-state index is 0.0139. The Hall–Kier alpha value is -2.69. The summed E-state index contributed by atoms with van der Waals surface area (Å²) in [6.07, 6.45) is 0.306. The molecular formula is C26H33Cl2N3O6S. The van der Waals surface area contributed by atoms with Gasteiger partial charge in [-0.2, -0.15) is 0 Å². The smallest absolute Gasteiger partial charge is 0.244 e. The van der Waals surface area contributed by atoms with E-state index in [4.69, 9.17) is 32.7 Å². The van der Waals surface area contributed by atoms with Gasteiger partial charge in [-0.15, -0.1) is 0 Å². The van der Waals surface area contributed by atoms with E-state index < -0.39 is 28.5 Å². The van der Waals surface area contributed by atoms with Gasteiger partial charge in [0.1, 0.15) is 25.8 Å². The number of carbonyl (C=O) groups is 2. The SMILES string of the molecule is CCC(C(=O)NC(C)C)N(Cc1ccc(Cl)cc1Cl)C(=O)CN(c1ccc2c(c1)OCCO2)S(=O)(=O)CC. The summed E-state index contributed by atoms with van der Waals surface area (Å²) in [6, 6.07) is 8.59. The van der Waals surface area contributed by atoms with E-state index in [9.17, 15) is 18.0 Å². The zero-order valence-corrected chi connectivity index (χ0v) is 24.2. The molecule has 0 saturated heterocycles. The Labute approximate surface area is 234 Å². The molecular weight excluding hydrogens is 553 g/mol. The molecule has 0 spiro atoms. The Morgan fingerprint density at radius 2 is 1.71 bits per heavy atom. The largest absolute Gasteiger partial charge is 0.486 e. The highest BCUT2D eigenvalue weighted by Crippen LogP contribution is 2.35. The van der Waals surface area contributed by atoms with Crippen LogP contribution in [0.1, 0.15) is 39.7 Å². The van der Waals surface area contributed by atoms with E-state index >= 15 is 0 Å². The van der Waals surface area contributed by atoms with Crippen molar-refractivity contribution in [3.8, 4) is 11.5 Å². The molecule has 1 N–H and O–H groups in total. The summed E-state index contributed by atoms with van der Waals surface area (Å²) in [5.74, 6) is -0.248. The van der Waals surface area contributed by atoms with Gasteiger partial charge in [-0.25, -0.2) is 8.42 Å². The Balaban J connectivity index is 2.01. The summed E-state index contributed by atoms with van der Waals surface area (Å²) < 4.78 is 38.5. The number of carbonyl (C=O) groups excluding carboxylic acids is 2. The van der Waals surface area contributed by atoms with Crippen LogP contribution in [-0.2, 0) is 26.2 Å². The van der Waals surface area contributed by atoms with E-state index in [2.05, 4.69) is 5.32 Å². The van der Waals surface area contributed by atoms with Crippen LogP contribution in [0.5, 0.6) is 11.5 Å². The van der Waals surface area contributed by atoms with Crippen molar-refractivity contribution in [1.82, 2.24) is 10.2 Å². The lowest BCUT2D eigenvalue weighted by Crippen LogP contribution is -2.53. The van der Waals surface area contributed by atoms with Crippen LogP contribution in [0.3, 0.4) is 0 Å². The minimum Gasteiger partial charge on any atom is -0.486 e. The van der Waals surface area contributed by atoms with Crippen LogP contribution in [0.15, 0.2) is 36.4 Å². The van der Waals surface area contributed by atoms with Crippen molar-refractivity contribution in [3.05, 3.63) is 52.0 Å². The van der Waals surface area contributed by atoms with Crippen LogP contribution in [-0.4, -0.2) is 62.7 Å². The van der Waals surface area contributed by atoms with Crippen molar-refractivity contribution in [2.75, 3.05) is 29.8 Å². The first-order chi connectivity index (χ1) is 18.0. The average molecular weight is 587 g/mol. The molecule has 1 aliphatic rings. The van der Waals surface area contributed by atoms with E-state index in [1.54, 1.807) is 37.3 Å². The number of ether oxygens (including phenoxy) is 2. The van der Waals surface area contributed by atoms with Crippen molar-refractivity contribution in [3.63, 3.8) is 0 Å². The second-order valence-corrected chi connectivity index (χ2v) is 12.1. The third-order valence-corrected chi connectivity index (χ3v) is 8.29. The van der Waals surface area contributed by atoms with E-state index in [1.807, 2.05) is 13.8 Å². The number of halogens is 2. The maximum absolute atomic E-state index is 13.9. The second-order valence-electron chi connectivity index (χ2n) is 9.08. The average Bonchev–Trinajstić information content (AvgIpc) is 2.87. The molecule has 2 aromatic carbocycles. The van der Waals surface area contributed by atoms with Gasteiger partial charge < -0.3 is 19.7 Å². The molecule has 1 atom stereocenters. The van der Waals surface area contributed by atoms with E-state index in [0.717, 1.165) is 4.31 Å². The minimum atomic E-state index is -3.88. The highest BCUT2D eigenvalue weighted by Gasteiger charge is 2.33. The molecule has 0 aromatic heterocycles. The first-order valence-corrected chi connectivity index (χ1v) is 14.8. The maximum atomic E-state index is 13.9. The molecule has 0 fully saturated rings. The van der Waals surface area contributed by atoms with Crippen molar-refractivity contribution in [1.29, 1.82) is 0 Å². The Bertz CT molecular complexity index is 1270. The Morgan fingerprint density at radius 1 is 1.03 bits per heavy atom. The van der Waals surface area contributed by atoms with Crippen molar-refractivity contribution in [2.24, 2.45) is 0 Å². The first-order valence-electron chi connectivity index (χ1n) is 12.4. The molecule has 0 bridgehead atoms. The Kier molecular flexibility index (Phi) is 10.1. The molecule has 0 saturated carbocycles. The number of nitrogens with zero attached hydrogens (tertiary/aromatic N) is 2. The normalized spacial score (nSPS) is 13.7. The lowest BCUT2D eigenvalue weighted by molar-refractivity contribution is -0.140. The number of amides is 2. The van der Waals surface area contributed by atoms with Crippen molar-refractivity contribution in [2.45, 2.75) is 52.7 Å². The van der Waals surface area contributed by atoms with Gasteiger partial charge in [-0.3, -0.25) is 13.9 Å². The number of hydrogen-bond acceptors (Lipinski definition) is 6. The maximum Gasteiger partial charge on any atom is 0.244 e. The number of sulfonamides is 1. The lowest BCUT2D eigenvalue weighted by Gasteiger charge is -2.34. The van der Waals surface area contributed by atoms with Gasteiger partial charge in [0, 0.05) is 28.7 Å². The molecule has 0 aliphatic carbocycles. The molecule has 1 unspecified atom stereocenters. The molecule has 1 aliphatic heterocycles. The molecule has 38 heavy (non-hydrogen) atoms. The Morgan fingerprint density at radius 3 is 2.32 bits per heavy atom. The third kappa shape index (κ3) is 7.24. The van der Waals surface area contributed by atoms with Gasteiger partial charge in [-0.05, 0) is 57.0 Å². The van der Waals surface area contributed by atoms with Crippen LogP contribution in [0.4, 0.5) is 5.69 Å². The van der Waals surface area contributed by atoms with E-state index in [0.29, 0.717) is 46.7 Å². The molecule has 2 amide bonds. The number of nitrogens with one attached hydrogen (secondary N) is 1. The van der Waals surface area contributed by atoms with Crippen LogP contribution < -0.4 is 19.1 Å². The molecule has 0 radical (unpaired) electrons.